The van der Waals surface area contributed by atoms with E-state index in [4.69, 9.17) is 0 Å². The topological polar surface area (TPSA) is 88.2 Å². The van der Waals surface area contributed by atoms with Crippen LogP contribution < -0.4 is 10.0 Å². The van der Waals surface area contributed by atoms with Crippen molar-refractivity contribution in [3.8, 4) is 11.3 Å². The van der Waals surface area contributed by atoms with E-state index in [0.29, 0.717) is 23.0 Å². The number of nitrogens with zero attached hydrogens (tertiary/aromatic N) is 1. The summed E-state index contributed by atoms with van der Waals surface area (Å²) in [6, 6.07) is 10.1. The minimum Gasteiger partial charge on any atom is -0.297 e. The molecule has 4 rings (SSSR count). The van der Waals surface area contributed by atoms with Gasteiger partial charge in [0.25, 0.3) is 5.91 Å². The highest BCUT2D eigenvalue weighted by Crippen LogP contribution is 2.30. The predicted molar refractivity (Wildman–Crippen MR) is 123 cm³/mol. The Morgan fingerprint density at radius 2 is 1.93 bits per heavy atom. The Morgan fingerprint density at radius 1 is 1.13 bits per heavy atom. The molecule has 158 valence electrons. The SMILES string of the molecule is CS(=O)(=O)NCCc1ccc(C(=O)Nc2nc(-c3ccc4c(c3)CCCC4)cs2)s1. The highest BCUT2D eigenvalue weighted by atomic mass is 32.2. The van der Waals surface area contributed by atoms with Crippen LogP contribution in [0.3, 0.4) is 0 Å². The highest BCUT2D eigenvalue weighted by Gasteiger charge is 2.14. The molecule has 0 bridgehead atoms. The van der Waals surface area contributed by atoms with E-state index in [-0.39, 0.29) is 5.91 Å². The van der Waals surface area contributed by atoms with E-state index in [9.17, 15) is 13.2 Å². The Morgan fingerprint density at radius 3 is 2.73 bits per heavy atom. The van der Waals surface area contributed by atoms with Gasteiger partial charge in [-0.2, -0.15) is 0 Å². The van der Waals surface area contributed by atoms with Crippen molar-refractivity contribution in [3.63, 3.8) is 0 Å². The van der Waals surface area contributed by atoms with Crippen LogP contribution in [0.15, 0.2) is 35.7 Å². The van der Waals surface area contributed by atoms with Crippen molar-refractivity contribution in [2.75, 3.05) is 18.1 Å². The van der Waals surface area contributed by atoms with Gasteiger partial charge in [0.15, 0.2) is 5.13 Å². The third-order valence-electron chi connectivity index (χ3n) is 4.99. The predicted octanol–water partition coefficient (Wildman–Crippen LogP) is 4.09. The largest absolute Gasteiger partial charge is 0.297 e. The van der Waals surface area contributed by atoms with E-state index in [1.165, 1.54) is 46.6 Å². The Bertz CT molecular complexity index is 1170. The van der Waals surface area contributed by atoms with Gasteiger partial charge in [0.05, 0.1) is 16.8 Å². The lowest BCUT2D eigenvalue weighted by Crippen LogP contribution is -2.24. The number of rotatable bonds is 7. The van der Waals surface area contributed by atoms with E-state index < -0.39 is 10.0 Å². The summed E-state index contributed by atoms with van der Waals surface area (Å²) in [5.74, 6) is -0.200. The average Bonchev–Trinajstić information content (AvgIpc) is 3.36. The van der Waals surface area contributed by atoms with Gasteiger partial charge < -0.3 is 0 Å². The van der Waals surface area contributed by atoms with Crippen molar-refractivity contribution in [1.29, 1.82) is 0 Å². The molecule has 6 nitrogen and oxygen atoms in total. The van der Waals surface area contributed by atoms with Gasteiger partial charge >= 0.3 is 0 Å². The molecule has 2 aromatic heterocycles. The van der Waals surface area contributed by atoms with Crippen LogP contribution in [0.2, 0.25) is 0 Å². The number of aryl methyl sites for hydroxylation is 2. The summed E-state index contributed by atoms with van der Waals surface area (Å²) in [6.07, 6.45) is 6.45. The van der Waals surface area contributed by atoms with Gasteiger partial charge in [-0.15, -0.1) is 22.7 Å². The molecule has 0 saturated carbocycles. The zero-order valence-corrected chi connectivity index (χ0v) is 19.1. The van der Waals surface area contributed by atoms with E-state index >= 15 is 0 Å². The number of thiophene rings is 1. The maximum Gasteiger partial charge on any atom is 0.267 e. The van der Waals surface area contributed by atoms with E-state index in [2.05, 4.69) is 33.2 Å². The standard InChI is InChI=1S/C21H23N3O3S3/c1-30(26,27)22-11-10-17-8-9-19(29-17)20(25)24-21-23-18(13-28-21)16-7-6-14-4-2-3-5-15(14)12-16/h6-9,12-13,22H,2-5,10-11H2,1H3,(H,23,24,25). The molecule has 9 heteroatoms. The molecule has 1 amide bonds. The van der Waals surface area contributed by atoms with Crippen LogP contribution in [0.5, 0.6) is 0 Å². The smallest absolute Gasteiger partial charge is 0.267 e. The van der Waals surface area contributed by atoms with Crippen molar-refractivity contribution < 1.29 is 13.2 Å². The maximum absolute atomic E-state index is 12.6. The molecule has 0 spiro atoms. The van der Waals surface area contributed by atoms with Crippen LogP contribution in [0.4, 0.5) is 5.13 Å². The Hall–Kier alpha value is -2.07. The minimum atomic E-state index is -3.20. The van der Waals surface area contributed by atoms with Crippen LogP contribution in [0.1, 0.15) is 38.5 Å². The van der Waals surface area contributed by atoms with Gasteiger partial charge in [0.2, 0.25) is 10.0 Å². The second-order valence-corrected chi connectivity index (χ2v) is 11.2. The monoisotopic (exact) mass is 461 g/mol. The molecule has 1 aliphatic rings. The summed E-state index contributed by atoms with van der Waals surface area (Å²) in [7, 11) is -3.20. The van der Waals surface area contributed by atoms with Crippen LogP contribution in [0.25, 0.3) is 11.3 Å². The summed E-state index contributed by atoms with van der Waals surface area (Å²) in [5.41, 5.74) is 4.81. The molecule has 30 heavy (non-hydrogen) atoms. The first-order valence-electron chi connectivity index (χ1n) is 9.80. The van der Waals surface area contributed by atoms with Crippen molar-refractivity contribution in [2.45, 2.75) is 32.1 Å². The molecule has 2 N–H and O–H groups in total. The number of hydrogen-bond acceptors (Lipinski definition) is 6. The average molecular weight is 462 g/mol. The first-order valence-corrected chi connectivity index (χ1v) is 13.4. The number of anilines is 1. The molecule has 1 aromatic carbocycles. The Labute approximate surface area is 184 Å². The molecule has 3 aromatic rings. The van der Waals surface area contributed by atoms with Gasteiger partial charge in [-0.1, -0.05) is 12.1 Å². The van der Waals surface area contributed by atoms with Gasteiger partial charge in [0, 0.05) is 22.4 Å². The minimum absolute atomic E-state index is 0.200. The van der Waals surface area contributed by atoms with E-state index in [1.54, 1.807) is 6.07 Å². The second kappa shape index (κ2) is 8.97. The Kier molecular flexibility index (Phi) is 6.33. The molecule has 0 saturated heterocycles. The number of carbonyl (C=O) groups excluding carboxylic acids is 1. The lowest BCUT2D eigenvalue weighted by atomic mass is 9.90. The van der Waals surface area contributed by atoms with Crippen molar-refractivity contribution >= 4 is 43.7 Å². The quantitative estimate of drug-likeness (QED) is 0.555. The third kappa shape index (κ3) is 5.34. The molecule has 0 fully saturated rings. The fraction of sp³-hybridized carbons (Fsp3) is 0.333. The summed E-state index contributed by atoms with van der Waals surface area (Å²) >= 11 is 2.77. The molecule has 0 aliphatic heterocycles. The van der Waals surface area contributed by atoms with Gasteiger partial charge in [0.1, 0.15) is 0 Å². The molecular weight excluding hydrogens is 438 g/mol. The summed E-state index contributed by atoms with van der Waals surface area (Å²) in [4.78, 5) is 18.7. The number of benzene rings is 1. The van der Waals surface area contributed by atoms with Crippen molar-refractivity contribution in [3.05, 3.63) is 56.6 Å². The normalized spacial score (nSPS) is 13.8. The summed E-state index contributed by atoms with van der Waals surface area (Å²) in [5, 5.41) is 5.41. The number of thiazole rings is 1. The van der Waals surface area contributed by atoms with Crippen molar-refractivity contribution in [2.24, 2.45) is 0 Å². The molecule has 2 heterocycles. The first kappa shape index (κ1) is 21.2. The number of amides is 1. The third-order valence-corrected chi connectivity index (χ3v) is 7.62. The van der Waals surface area contributed by atoms with E-state index in [1.807, 2.05) is 11.4 Å². The second-order valence-electron chi connectivity index (χ2n) is 7.37. The lowest BCUT2D eigenvalue weighted by molar-refractivity contribution is 0.103. The summed E-state index contributed by atoms with van der Waals surface area (Å²) < 4.78 is 24.7. The number of aromatic nitrogens is 1. The fourth-order valence-electron chi connectivity index (χ4n) is 3.51. The molecule has 0 radical (unpaired) electrons. The molecule has 1 aliphatic carbocycles. The van der Waals surface area contributed by atoms with Gasteiger partial charge in [-0.25, -0.2) is 18.1 Å². The fourth-order valence-corrected chi connectivity index (χ4v) is 5.60. The summed E-state index contributed by atoms with van der Waals surface area (Å²) in [6.45, 7) is 0.316. The first-order chi connectivity index (χ1) is 14.4. The number of carbonyl (C=O) groups is 1. The van der Waals surface area contributed by atoms with Crippen molar-refractivity contribution in [1.82, 2.24) is 9.71 Å². The van der Waals surface area contributed by atoms with Crippen LogP contribution in [0, 0.1) is 0 Å². The number of fused-ring (bicyclic) bond motifs is 1. The van der Waals surface area contributed by atoms with Crippen LogP contribution in [-0.4, -0.2) is 32.1 Å². The van der Waals surface area contributed by atoms with Gasteiger partial charge in [-0.3, -0.25) is 10.1 Å². The highest BCUT2D eigenvalue weighted by molar-refractivity contribution is 7.88. The zero-order chi connectivity index (χ0) is 21.1. The molecule has 0 unspecified atom stereocenters. The Balaban J connectivity index is 1.38. The number of sulfonamides is 1. The van der Waals surface area contributed by atoms with Gasteiger partial charge in [-0.05, 0) is 61.4 Å². The number of hydrogen-bond donors (Lipinski definition) is 2. The zero-order valence-electron chi connectivity index (χ0n) is 16.6. The molecular formula is C21H23N3O3S3. The van der Waals surface area contributed by atoms with E-state index in [0.717, 1.165) is 35.2 Å². The van der Waals surface area contributed by atoms with Crippen LogP contribution >= 0.6 is 22.7 Å². The molecule has 0 atom stereocenters. The number of nitrogens with one attached hydrogen (secondary N) is 2. The van der Waals surface area contributed by atoms with Crippen LogP contribution in [-0.2, 0) is 29.3 Å². The maximum atomic E-state index is 12.6. The lowest BCUT2D eigenvalue weighted by Gasteiger charge is -2.16.